The maximum atomic E-state index is 11.5. The van der Waals surface area contributed by atoms with E-state index in [2.05, 4.69) is 17.4 Å². The Bertz CT molecular complexity index is 465. The molecule has 6 heteroatoms. The molecule has 1 N–H and O–H groups in total. The van der Waals surface area contributed by atoms with Gasteiger partial charge in [-0.2, -0.15) is 5.10 Å². The van der Waals surface area contributed by atoms with Crippen LogP contribution in [-0.2, 0) is 11.3 Å². The first-order chi connectivity index (χ1) is 8.95. The molecule has 0 aliphatic carbocycles. The number of aryl methyl sites for hydroxylation is 2. The summed E-state index contributed by atoms with van der Waals surface area (Å²) in [6, 6.07) is 0. The summed E-state index contributed by atoms with van der Waals surface area (Å²) in [5.74, 6) is -0.193. The van der Waals surface area contributed by atoms with Crippen LogP contribution in [0.3, 0.4) is 0 Å². The molecule has 1 aromatic heterocycles. The van der Waals surface area contributed by atoms with Gasteiger partial charge in [-0.05, 0) is 19.4 Å². The van der Waals surface area contributed by atoms with Crippen molar-refractivity contribution < 1.29 is 4.79 Å². The highest BCUT2D eigenvalue weighted by molar-refractivity contribution is 6.31. The molecule has 1 rings (SSSR count). The molecule has 0 saturated carbocycles. The molecule has 5 nitrogen and oxygen atoms in total. The first kappa shape index (κ1) is 15.7. The molecule has 0 aliphatic rings. The quantitative estimate of drug-likeness (QED) is 0.644. The van der Waals surface area contributed by atoms with E-state index in [1.54, 1.807) is 29.9 Å². The molecule has 0 fully saturated rings. The Balaban J connectivity index is 2.80. The van der Waals surface area contributed by atoms with Gasteiger partial charge in [0, 0.05) is 32.3 Å². The average Bonchev–Trinajstić information content (AvgIpc) is 2.58. The molecule has 0 aromatic carbocycles. The lowest BCUT2D eigenvalue weighted by Gasteiger charge is -2.08. The van der Waals surface area contributed by atoms with Crippen molar-refractivity contribution in [3.8, 4) is 0 Å². The normalized spacial score (nSPS) is 11.5. The summed E-state index contributed by atoms with van der Waals surface area (Å²) in [4.78, 5) is 11.5. The van der Waals surface area contributed by atoms with E-state index in [4.69, 9.17) is 11.6 Å². The zero-order chi connectivity index (χ0) is 14.4. The molecule has 106 valence electrons. The Morgan fingerprint density at radius 2 is 2.21 bits per heavy atom. The van der Waals surface area contributed by atoms with Crippen LogP contribution in [0.5, 0.6) is 0 Å². The van der Waals surface area contributed by atoms with Crippen molar-refractivity contribution in [3.05, 3.63) is 22.5 Å². The fourth-order valence-electron chi connectivity index (χ4n) is 1.63. The monoisotopic (exact) mass is 284 g/mol. The topological polar surface area (TPSA) is 50.2 Å². The van der Waals surface area contributed by atoms with Gasteiger partial charge in [0.15, 0.2) is 0 Å². The average molecular weight is 285 g/mol. The van der Waals surface area contributed by atoms with Crippen LogP contribution in [0.2, 0.25) is 5.15 Å². The number of hydrogen-bond donors (Lipinski definition) is 1. The van der Waals surface area contributed by atoms with Crippen molar-refractivity contribution in [2.45, 2.75) is 33.2 Å². The molecular formula is C13H21ClN4O. The van der Waals surface area contributed by atoms with Crippen LogP contribution in [0.25, 0.3) is 6.08 Å². The number of aromatic nitrogens is 2. The van der Waals surface area contributed by atoms with Gasteiger partial charge < -0.3 is 0 Å². The zero-order valence-electron chi connectivity index (χ0n) is 11.9. The Kier molecular flexibility index (Phi) is 6.05. The number of amides is 1. The van der Waals surface area contributed by atoms with Crippen LogP contribution in [0.1, 0.15) is 31.0 Å². The number of unbranched alkanes of at least 4 members (excludes halogenated alkanes) is 1. The lowest BCUT2D eigenvalue weighted by atomic mass is 10.2. The predicted octanol–water partition coefficient (Wildman–Crippen LogP) is 2.25. The van der Waals surface area contributed by atoms with Gasteiger partial charge in [0.25, 0.3) is 5.91 Å². The largest absolute Gasteiger partial charge is 0.286 e. The summed E-state index contributed by atoms with van der Waals surface area (Å²) < 4.78 is 1.78. The van der Waals surface area contributed by atoms with Gasteiger partial charge in [0.2, 0.25) is 0 Å². The summed E-state index contributed by atoms with van der Waals surface area (Å²) in [6.07, 6.45) is 5.28. The zero-order valence-corrected chi connectivity index (χ0v) is 12.7. The predicted molar refractivity (Wildman–Crippen MR) is 77.7 cm³/mol. The maximum absolute atomic E-state index is 11.5. The van der Waals surface area contributed by atoms with Crippen LogP contribution in [0, 0.1) is 6.92 Å². The molecule has 0 aliphatic heterocycles. The molecule has 1 aromatic rings. The first-order valence-corrected chi connectivity index (χ1v) is 6.72. The van der Waals surface area contributed by atoms with E-state index in [0.717, 1.165) is 30.6 Å². The highest BCUT2D eigenvalue weighted by Crippen LogP contribution is 2.21. The third kappa shape index (κ3) is 4.69. The van der Waals surface area contributed by atoms with E-state index in [-0.39, 0.29) is 5.91 Å². The van der Waals surface area contributed by atoms with E-state index in [0.29, 0.717) is 5.15 Å². The summed E-state index contributed by atoms with van der Waals surface area (Å²) in [5, 5.41) is 6.55. The lowest BCUT2D eigenvalue weighted by Crippen LogP contribution is -2.34. The van der Waals surface area contributed by atoms with Crippen molar-refractivity contribution >= 4 is 23.6 Å². The Morgan fingerprint density at radius 1 is 1.53 bits per heavy atom. The van der Waals surface area contributed by atoms with Gasteiger partial charge in [0.05, 0.1) is 5.69 Å². The highest BCUT2D eigenvalue weighted by Gasteiger charge is 2.10. The molecule has 0 radical (unpaired) electrons. The van der Waals surface area contributed by atoms with E-state index in [1.807, 2.05) is 6.92 Å². The number of hydrogen-bond acceptors (Lipinski definition) is 3. The molecule has 19 heavy (non-hydrogen) atoms. The maximum Gasteiger partial charge on any atom is 0.258 e. The van der Waals surface area contributed by atoms with Crippen LogP contribution in [0.4, 0.5) is 0 Å². The molecule has 1 amide bonds. The summed E-state index contributed by atoms with van der Waals surface area (Å²) >= 11 is 6.26. The number of rotatable bonds is 6. The van der Waals surface area contributed by atoms with Crippen molar-refractivity contribution in [2.24, 2.45) is 0 Å². The Morgan fingerprint density at radius 3 is 2.79 bits per heavy atom. The molecule has 0 bridgehead atoms. The Hall–Kier alpha value is -1.33. The van der Waals surface area contributed by atoms with Gasteiger partial charge in [-0.15, -0.1) is 0 Å². The number of carbonyl (C=O) groups is 1. The number of nitrogens with one attached hydrogen (secondary N) is 1. The van der Waals surface area contributed by atoms with Crippen LogP contribution in [-0.4, -0.2) is 34.8 Å². The first-order valence-electron chi connectivity index (χ1n) is 6.34. The van der Waals surface area contributed by atoms with Crippen molar-refractivity contribution in [2.75, 3.05) is 14.1 Å². The standard InChI is InChI=1S/C13H21ClN4O/c1-5-6-9-18-13(14)11(10(2)15-18)7-8-12(19)16-17(3)4/h7-8H,5-6,9H2,1-4H3,(H,16,19)/b8-7+. The van der Waals surface area contributed by atoms with Gasteiger partial charge >= 0.3 is 0 Å². The second kappa shape index (κ2) is 7.31. The number of hydrazine groups is 1. The van der Waals surface area contributed by atoms with Crippen LogP contribution in [0.15, 0.2) is 6.08 Å². The third-order valence-corrected chi connectivity index (χ3v) is 2.97. The van der Waals surface area contributed by atoms with E-state index < -0.39 is 0 Å². The van der Waals surface area contributed by atoms with Crippen LogP contribution < -0.4 is 5.43 Å². The van der Waals surface area contributed by atoms with E-state index in [1.165, 1.54) is 6.08 Å². The number of carbonyl (C=O) groups excluding carboxylic acids is 1. The molecule has 1 heterocycles. The van der Waals surface area contributed by atoms with Gasteiger partial charge in [-0.3, -0.25) is 14.9 Å². The Labute approximate surface area is 119 Å². The fraction of sp³-hybridized carbons (Fsp3) is 0.538. The molecular weight excluding hydrogens is 264 g/mol. The highest BCUT2D eigenvalue weighted by atomic mass is 35.5. The SMILES string of the molecule is CCCCn1nc(C)c(/C=C/C(=O)NN(C)C)c1Cl. The molecule has 0 spiro atoms. The van der Waals surface area contributed by atoms with Gasteiger partial charge in [-0.1, -0.05) is 24.9 Å². The molecule has 0 unspecified atom stereocenters. The molecule has 0 atom stereocenters. The number of nitrogens with zero attached hydrogens (tertiary/aromatic N) is 3. The third-order valence-electron chi connectivity index (χ3n) is 2.57. The minimum absolute atomic E-state index is 0.193. The lowest BCUT2D eigenvalue weighted by molar-refractivity contribution is -0.119. The second-order valence-electron chi connectivity index (χ2n) is 4.57. The van der Waals surface area contributed by atoms with Gasteiger partial charge in [0.1, 0.15) is 5.15 Å². The van der Waals surface area contributed by atoms with Crippen LogP contribution >= 0.6 is 11.6 Å². The van der Waals surface area contributed by atoms with Gasteiger partial charge in [-0.25, -0.2) is 5.01 Å². The summed E-state index contributed by atoms with van der Waals surface area (Å²) in [5.41, 5.74) is 4.26. The van der Waals surface area contributed by atoms with E-state index in [9.17, 15) is 4.79 Å². The summed E-state index contributed by atoms with van der Waals surface area (Å²) in [6.45, 7) is 4.81. The molecule has 0 saturated heterocycles. The smallest absolute Gasteiger partial charge is 0.258 e. The van der Waals surface area contributed by atoms with Crippen molar-refractivity contribution in [1.29, 1.82) is 0 Å². The minimum Gasteiger partial charge on any atom is -0.286 e. The fourth-order valence-corrected chi connectivity index (χ4v) is 1.95. The minimum atomic E-state index is -0.193. The number of halogens is 1. The van der Waals surface area contributed by atoms with Crippen molar-refractivity contribution in [3.63, 3.8) is 0 Å². The van der Waals surface area contributed by atoms with Crippen molar-refractivity contribution in [1.82, 2.24) is 20.2 Å². The summed E-state index contributed by atoms with van der Waals surface area (Å²) in [7, 11) is 3.51. The van der Waals surface area contributed by atoms with E-state index >= 15 is 0 Å². The second-order valence-corrected chi connectivity index (χ2v) is 4.93.